The number of carbonyl (C=O) groups excluding carboxylic acids is 2. The number of rotatable bonds is 4. The summed E-state index contributed by atoms with van der Waals surface area (Å²) in [6.45, 7) is 0. The summed E-state index contributed by atoms with van der Waals surface area (Å²) in [5, 5.41) is 4.03. The Bertz CT molecular complexity index is 1150. The third-order valence-corrected chi connectivity index (χ3v) is 5.73. The number of nitrogens with one attached hydrogen (secondary N) is 1. The Hall–Kier alpha value is -3.15. The lowest BCUT2D eigenvalue weighted by Gasteiger charge is -2.06. The molecule has 4 nitrogen and oxygen atoms in total. The number of hydrogen-bond donors (Lipinski definition) is 1. The average Bonchev–Trinajstić information content (AvgIpc) is 3.06. The number of thiophene rings is 1. The maximum absolute atomic E-state index is 12.5. The van der Waals surface area contributed by atoms with Crippen molar-refractivity contribution in [2.45, 2.75) is 0 Å². The van der Waals surface area contributed by atoms with Gasteiger partial charge in [-0.3, -0.25) is 4.79 Å². The van der Waals surface area contributed by atoms with E-state index in [-0.39, 0.29) is 5.91 Å². The number of para-hydroxylation sites is 1. The summed E-state index contributed by atoms with van der Waals surface area (Å²) in [7, 11) is 0. The first kappa shape index (κ1) is 18.2. The van der Waals surface area contributed by atoms with Crippen molar-refractivity contribution in [3.63, 3.8) is 0 Å². The Kier molecular flexibility index (Phi) is 5.10. The summed E-state index contributed by atoms with van der Waals surface area (Å²) >= 11 is 7.61. The molecule has 6 heteroatoms. The molecule has 0 spiro atoms. The zero-order valence-electron chi connectivity index (χ0n) is 14.5. The molecule has 0 aliphatic heterocycles. The van der Waals surface area contributed by atoms with Crippen LogP contribution >= 0.6 is 22.9 Å². The van der Waals surface area contributed by atoms with Crippen molar-refractivity contribution in [1.82, 2.24) is 0 Å². The topological polar surface area (TPSA) is 55.4 Å². The number of amides is 1. The second-order valence-corrected chi connectivity index (χ2v) is 7.41. The Balaban J connectivity index is 1.47. The van der Waals surface area contributed by atoms with E-state index in [1.807, 2.05) is 54.6 Å². The molecule has 0 atom stereocenters. The fourth-order valence-corrected chi connectivity index (χ4v) is 4.08. The maximum Gasteiger partial charge on any atom is 0.355 e. The summed E-state index contributed by atoms with van der Waals surface area (Å²) in [5.74, 6) is -0.418. The molecule has 1 heterocycles. The van der Waals surface area contributed by atoms with E-state index in [0.29, 0.717) is 26.9 Å². The minimum Gasteiger partial charge on any atom is -0.422 e. The van der Waals surface area contributed by atoms with E-state index in [1.165, 1.54) is 11.3 Å². The number of carbonyl (C=O) groups is 2. The third kappa shape index (κ3) is 3.76. The molecule has 0 fully saturated rings. The lowest BCUT2D eigenvalue weighted by atomic mass is 10.2. The quantitative estimate of drug-likeness (QED) is 0.332. The first-order chi connectivity index (χ1) is 13.6. The smallest absolute Gasteiger partial charge is 0.355 e. The van der Waals surface area contributed by atoms with Gasteiger partial charge in [0.25, 0.3) is 5.91 Å². The molecule has 0 saturated heterocycles. The normalized spacial score (nSPS) is 10.6. The first-order valence-electron chi connectivity index (χ1n) is 8.47. The van der Waals surface area contributed by atoms with Crippen LogP contribution in [0.5, 0.6) is 5.75 Å². The molecule has 28 heavy (non-hydrogen) atoms. The van der Waals surface area contributed by atoms with Gasteiger partial charge in [-0.25, -0.2) is 4.79 Å². The Morgan fingerprint density at radius 3 is 2.25 bits per heavy atom. The van der Waals surface area contributed by atoms with Crippen LogP contribution in [0.25, 0.3) is 10.1 Å². The zero-order valence-corrected chi connectivity index (χ0v) is 16.1. The van der Waals surface area contributed by atoms with Gasteiger partial charge < -0.3 is 10.1 Å². The number of hydrogen-bond acceptors (Lipinski definition) is 4. The van der Waals surface area contributed by atoms with E-state index in [9.17, 15) is 9.59 Å². The molecule has 4 aromatic rings. The Morgan fingerprint density at radius 2 is 1.54 bits per heavy atom. The van der Waals surface area contributed by atoms with Crippen molar-refractivity contribution in [2.24, 2.45) is 0 Å². The summed E-state index contributed by atoms with van der Waals surface area (Å²) in [5.41, 5.74) is 1.17. The van der Waals surface area contributed by atoms with Gasteiger partial charge in [-0.15, -0.1) is 11.3 Å². The van der Waals surface area contributed by atoms with Crippen molar-refractivity contribution < 1.29 is 14.3 Å². The minimum absolute atomic E-state index is 0.239. The van der Waals surface area contributed by atoms with Gasteiger partial charge >= 0.3 is 5.97 Å². The van der Waals surface area contributed by atoms with Crippen LogP contribution in [-0.4, -0.2) is 11.9 Å². The minimum atomic E-state index is -0.521. The average molecular weight is 408 g/mol. The molecule has 0 bridgehead atoms. The summed E-state index contributed by atoms with van der Waals surface area (Å²) < 4.78 is 6.34. The van der Waals surface area contributed by atoms with Crippen molar-refractivity contribution in [3.05, 3.63) is 94.3 Å². The fourth-order valence-electron chi connectivity index (χ4n) is 2.70. The van der Waals surface area contributed by atoms with Crippen molar-refractivity contribution in [3.8, 4) is 5.75 Å². The van der Waals surface area contributed by atoms with Crippen LogP contribution in [-0.2, 0) is 0 Å². The van der Waals surface area contributed by atoms with Crippen molar-refractivity contribution in [1.29, 1.82) is 0 Å². The molecule has 0 saturated carbocycles. The Labute approximate surface area is 170 Å². The molecule has 0 unspecified atom stereocenters. The maximum atomic E-state index is 12.5. The monoisotopic (exact) mass is 407 g/mol. The largest absolute Gasteiger partial charge is 0.422 e. The second kappa shape index (κ2) is 7.84. The van der Waals surface area contributed by atoms with E-state index < -0.39 is 5.97 Å². The van der Waals surface area contributed by atoms with Gasteiger partial charge in [-0.1, -0.05) is 48.0 Å². The molecule has 1 amide bonds. The highest BCUT2D eigenvalue weighted by molar-refractivity contribution is 7.21. The van der Waals surface area contributed by atoms with E-state index in [1.54, 1.807) is 24.3 Å². The summed E-state index contributed by atoms with van der Waals surface area (Å²) in [6.07, 6.45) is 0. The van der Waals surface area contributed by atoms with Crippen LogP contribution < -0.4 is 10.1 Å². The van der Waals surface area contributed by atoms with Crippen LogP contribution in [0, 0.1) is 0 Å². The van der Waals surface area contributed by atoms with Crippen LogP contribution in [0.4, 0.5) is 5.69 Å². The molecule has 0 radical (unpaired) electrons. The second-order valence-electron chi connectivity index (χ2n) is 5.98. The molecule has 0 aliphatic carbocycles. The lowest BCUT2D eigenvalue weighted by Crippen LogP contribution is -2.12. The van der Waals surface area contributed by atoms with Gasteiger partial charge in [0, 0.05) is 21.3 Å². The number of ether oxygens (including phenoxy) is 1. The summed E-state index contributed by atoms with van der Waals surface area (Å²) in [6, 6.07) is 23.1. The SMILES string of the molecule is O=C(Nc1ccccc1)c1ccc(OC(=O)c2sc3ccccc3c2Cl)cc1. The van der Waals surface area contributed by atoms with Crippen LogP contribution in [0.1, 0.15) is 20.0 Å². The lowest BCUT2D eigenvalue weighted by molar-refractivity contribution is 0.0740. The van der Waals surface area contributed by atoms with Gasteiger partial charge in [-0.05, 0) is 42.5 Å². The number of esters is 1. The van der Waals surface area contributed by atoms with Gasteiger partial charge in [-0.2, -0.15) is 0 Å². The van der Waals surface area contributed by atoms with Crippen LogP contribution in [0.2, 0.25) is 5.02 Å². The van der Waals surface area contributed by atoms with Crippen LogP contribution in [0.3, 0.4) is 0 Å². The van der Waals surface area contributed by atoms with Crippen molar-refractivity contribution >= 4 is 50.6 Å². The predicted octanol–water partition coefficient (Wildman–Crippen LogP) is 6.03. The molecule has 1 N–H and O–H groups in total. The highest BCUT2D eigenvalue weighted by atomic mass is 35.5. The van der Waals surface area contributed by atoms with E-state index in [0.717, 1.165) is 10.1 Å². The first-order valence-corrected chi connectivity index (χ1v) is 9.67. The third-order valence-electron chi connectivity index (χ3n) is 4.08. The van der Waals surface area contributed by atoms with Gasteiger partial charge in [0.2, 0.25) is 0 Å². The van der Waals surface area contributed by atoms with Crippen LogP contribution in [0.15, 0.2) is 78.9 Å². The standard InChI is InChI=1S/C22H14ClNO3S/c23-19-17-8-4-5-9-18(17)28-20(19)22(26)27-16-12-10-14(11-13-16)21(25)24-15-6-2-1-3-7-15/h1-13H,(H,24,25). The summed E-state index contributed by atoms with van der Waals surface area (Å²) in [4.78, 5) is 25.1. The van der Waals surface area contributed by atoms with E-state index >= 15 is 0 Å². The molecular formula is C22H14ClNO3S. The predicted molar refractivity (Wildman–Crippen MR) is 113 cm³/mol. The highest BCUT2D eigenvalue weighted by Gasteiger charge is 2.19. The number of benzene rings is 3. The van der Waals surface area contributed by atoms with Gasteiger partial charge in [0.15, 0.2) is 0 Å². The molecule has 1 aromatic heterocycles. The van der Waals surface area contributed by atoms with E-state index in [4.69, 9.17) is 16.3 Å². The van der Waals surface area contributed by atoms with Crippen molar-refractivity contribution in [2.75, 3.05) is 5.32 Å². The molecule has 0 aliphatic rings. The number of anilines is 1. The van der Waals surface area contributed by atoms with Gasteiger partial charge in [0.1, 0.15) is 10.6 Å². The van der Waals surface area contributed by atoms with E-state index in [2.05, 4.69) is 5.32 Å². The zero-order chi connectivity index (χ0) is 19.5. The number of halogens is 1. The molecule has 3 aromatic carbocycles. The van der Waals surface area contributed by atoms with Gasteiger partial charge in [0.05, 0.1) is 5.02 Å². The molecular weight excluding hydrogens is 394 g/mol. The fraction of sp³-hybridized carbons (Fsp3) is 0. The molecule has 4 rings (SSSR count). The Morgan fingerprint density at radius 1 is 0.857 bits per heavy atom. The highest BCUT2D eigenvalue weighted by Crippen LogP contribution is 2.35. The number of fused-ring (bicyclic) bond motifs is 1. The molecule has 138 valence electrons.